The third kappa shape index (κ3) is 5.41. The van der Waals surface area contributed by atoms with Crippen molar-refractivity contribution in [1.29, 1.82) is 0 Å². The Bertz CT molecular complexity index is 1820. The fraction of sp³-hybridized carbons (Fsp3) is 0.308. The molecule has 0 radical (unpaired) electrons. The van der Waals surface area contributed by atoms with Crippen LogP contribution in [0.15, 0.2) is 49.0 Å². The Balaban J connectivity index is 1.19. The Morgan fingerprint density at radius 1 is 1.28 bits per heavy atom. The quantitative estimate of drug-likeness (QED) is 0.139. The fourth-order valence-electron chi connectivity index (χ4n) is 4.78. The van der Waals surface area contributed by atoms with Gasteiger partial charge in [-0.1, -0.05) is 5.16 Å². The van der Waals surface area contributed by atoms with Crippen LogP contribution < -0.4 is 26.0 Å². The molecule has 2 amide bonds. The van der Waals surface area contributed by atoms with Gasteiger partial charge in [0.15, 0.2) is 27.8 Å². The van der Waals surface area contributed by atoms with Gasteiger partial charge in [-0.05, 0) is 11.6 Å². The number of thiazole rings is 1. The number of nitrogens with two attached hydrogens (primary N) is 1. The third-order valence-electron chi connectivity index (χ3n) is 6.57. The van der Waals surface area contributed by atoms with E-state index in [0.717, 1.165) is 11.3 Å². The monoisotopic (exact) mass is 661 g/mol. The first-order valence-corrected chi connectivity index (χ1v) is 16.3. The van der Waals surface area contributed by atoms with E-state index in [1.54, 1.807) is 26.0 Å². The van der Waals surface area contributed by atoms with Crippen molar-refractivity contribution in [3.63, 3.8) is 0 Å². The van der Waals surface area contributed by atoms with Crippen LogP contribution in [-0.4, -0.2) is 74.3 Å². The Hall–Kier alpha value is -3.80. The molecule has 4 N–H and O–H groups in total. The molecule has 43 heavy (non-hydrogen) atoms. The van der Waals surface area contributed by atoms with Gasteiger partial charge in [0.25, 0.3) is 11.8 Å². The van der Waals surface area contributed by atoms with Crippen LogP contribution in [0.2, 0.25) is 0 Å². The molecule has 17 heteroatoms. The van der Waals surface area contributed by atoms with Gasteiger partial charge in [-0.2, -0.15) is 0 Å². The summed E-state index contributed by atoms with van der Waals surface area (Å²) in [6.07, 6.45) is 0. The average Bonchev–Trinajstić information content (AvgIpc) is 3.51. The van der Waals surface area contributed by atoms with E-state index in [1.807, 2.05) is 0 Å². The molecule has 3 aliphatic heterocycles. The van der Waals surface area contributed by atoms with Gasteiger partial charge in [0.05, 0.1) is 4.21 Å². The zero-order valence-electron chi connectivity index (χ0n) is 22.7. The molecule has 0 aliphatic carbocycles. The number of aliphatic carboxylic acids is 1. The number of aromatic nitrogens is 1. The van der Waals surface area contributed by atoms with Crippen molar-refractivity contribution in [3.8, 4) is 11.5 Å². The normalized spacial score (nSPS) is 20.6. The number of amides is 2. The highest BCUT2D eigenvalue weighted by atomic mass is 32.2. The number of nitrogens with one attached hydrogen (secondary N) is 1. The Kier molecular flexibility index (Phi) is 7.52. The molecule has 3 aromatic rings. The number of carboxylic acid groups (broad SMARTS) is 1. The number of hydrogen-bond acceptors (Lipinski definition) is 14. The van der Waals surface area contributed by atoms with Crippen LogP contribution in [0.1, 0.15) is 19.5 Å². The lowest BCUT2D eigenvalue weighted by Crippen LogP contribution is -2.71. The Labute approximate surface area is 260 Å². The number of fused-ring (bicyclic) bond motifs is 3. The summed E-state index contributed by atoms with van der Waals surface area (Å²) in [5.74, 6) is -1.72. The van der Waals surface area contributed by atoms with E-state index >= 15 is 0 Å². The summed E-state index contributed by atoms with van der Waals surface area (Å²) >= 11 is 5.15. The SMILES string of the molecule is CO/N=C(\C(=O)N[C@@H]1C(=O)N2C(C(=O)O)=C(CSc3cc(=O)c4cc5c(cc4s3)OC(C)(C)O5)CS[C@@H]12)c1csc(N)n1. The molecule has 0 unspecified atom stereocenters. The van der Waals surface area contributed by atoms with Crippen LogP contribution >= 0.6 is 46.2 Å². The minimum atomic E-state index is -1.25. The first-order valence-electron chi connectivity index (χ1n) is 12.6. The lowest BCUT2D eigenvalue weighted by Gasteiger charge is -2.49. The number of thioether (sulfide) groups is 2. The third-order valence-corrected chi connectivity index (χ3v) is 11.0. The predicted octanol–water partition coefficient (Wildman–Crippen LogP) is 2.69. The molecule has 0 saturated carbocycles. The molecule has 224 valence electrons. The zero-order valence-corrected chi connectivity index (χ0v) is 26.0. The maximum absolute atomic E-state index is 13.1. The van der Waals surface area contributed by atoms with Crippen molar-refractivity contribution in [2.24, 2.45) is 5.16 Å². The number of nitrogens with zero attached hydrogens (tertiary/aromatic N) is 3. The molecule has 2 atom stereocenters. The smallest absolute Gasteiger partial charge is 0.352 e. The van der Waals surface area contributed by atoms with Crippen molar-refractivity contribution in [2.75, 3.05) is 24.3 Å². The van der Waals surface area contributed by atoms with Gasteiger partial charge in [-0.3, -0.25) is 19.3 Å². The molecule has 1 saturated heterocycles. The number of nitrogen functional groups attached to an aromatic ring is 1. The number of benzene rings is 1. The topological polar surface area (TPSA) is 183 Å². The lowest BCUT2D eigenvalue weighted by molar-refractivity contribution is -0.150. The minimum absolute atomic E-state index is 0.122. The van der Waals surface area contributed by atoms with Crippen molar-refractivity contribution < 1.29 is 33.8 Å². The number of rotatable bonds is 8. The molecule has 13 nitrogen and oxygen atoms in total. The molecular weight excluding hydrogens is 639 g/mol. The Morgan fingerprint density at radius 2 is 2.02 bits per heavy atom. The number of ether oxygens (including phenoxy) is 2. The van der Waals surface area contributed by atoms with Gasteiger partial charge in [0.2, 0.25) is 5.79 Å². The molecule has 1 aromatic carbocycles. The van der Waals surface area contributed by atoms with E-state index in [2.05, 4.69) is 15.5 Å². The van der Waals surface area contributed by atoms with Crippen LogP contribution in [0.5, 0.6) is 11.5 Å². The van der Waals surface area contributed by atoms with Gasteiger partial charge in [-0.25, -0.2) is 9.78 Å². The summed E-state index contributed by atoms with van der Waals surface area (Å²) in [5.41, 5.74) is 5.92. The molecule has 5 heterocycles. The summed E-state index contributed by atoms with van der Waals surface area (Å²) in [6, 6.07) is 4.00. The van der Waals surface area contributed by atoms with Gasteiger partial charge in [-0.15, -0.1) is 46.2 Å². The molecule has 6 rings (SSSR count). The number of β-lactam (4-membered cyclic amide) rings is 1. The van der Waals surface area contributed by atoms with Crippen LogP contribution in [-0.2, 0) is 19.2 Å². The summed E-state index contributed by atoms with van der Waals surface area (Å²) < 4.78 is 13.0. The molecule has 0 bridgehead atoms. The second-order valence-electron chi connectivity index (χ2n) is 9.93. The number of carboxylic acids is 1. The van der Waals surface area contributed by atoms with Gasteiger partial charge in [0, 0.05) is 53.0 Å². The second kappa shape index (κ2) is 11.0. The van der Waals surface area contributed by atoms with Crippen molar-refractivity contribution in [1.82, 2.24) is 15.2 Å². The average molecular weight is 662 g/mol. The number of hydrogen-bond donors (Lipinski definition) is 3. The Morgan fingerprint density at radius 3 is 2.70 bits per heavy atom. The van der Waals surface area contributed by atoms with E-state index < -0.39 is 35.0 Å². The van der Waals surface area contributed by atoms with Crippen LogP contribution in [0.4, 0.5) is 5.13 Å². The van der Waals surface area contributed by atoms with E-state index in [1.165, 1.54) is 58.3 Å². The largest absolute Gasteiger partial charge is 0.477 e. The van der Waals surface area contributed by atoms with Gasteiger partial charge < -0.3 is 30.5 Å². The molecule has 2 aromatic heterocycles. The highest BCUT2D eigenvalue weighted by molar-refractivity contribution is 8.02. The van der Waals surface area contributed by atoms with Crippen molar-refractivity contribution in [3.05, 3.63) is 50.8 Å². The van der Waals surface area contributed by atoms with Gasteiger partial charge >= 0.3 is 5.97 Å². The number of anilines is 1. The highest BCUT2D eigenvalue weighted by Crippen LogP contribution is 2.44. The van der Waals surface area contributed by atoms with Crippen molar-refractivity contribution >= 4 is 84.9 Å². The lowest BCUT2D eigenvalue weighted by atomic mass is 10.0. The predicted molar refractivity (Wildman–Crippen MR) is 164 cm³/mol. The van der Waals surface area contributed by atoms with Crippen LogP contribution in [0, 0.1) is 0 Å². The number of carbonyl (C=O) groups is 3. The maximum atomic E-state index is 13.1. The summed E-state index contributed by atoms with van der Waals surface area (Å²) in [6.45, 7) is 3.57. The van der Waals surface area contributed by atoms with Crippen LogP contribution in [0.25, 0.3) is 10.1 Å². The van der Waals surface area contributed by atoms with Crippen LogP contribution in [0.3, 0.4) is 0 Å². The molecule has 0 spiro atoms. The van der Waals surface area contributed by atoms with E-state index in [-0.39, 0.29) is 33.4 Å². The van der Waals surface area contributed by atoms with E-state index in [4.69, 9.17) is 20.0 Å². The first kappa shape index (κ1) is 29.3. The molecule has 1 fully saturated rings. The number of carbonyl (C=O) groups excluding carboxylic acids is 2. The van der Waals surface area contributed by atoms with E-state index in [0.29, 0.717) is 37.1 Å². The second-order valence-corrected chi connectivity index (χ2v) is 14.3. The fourth-order valence-corrected chi connectivity index (χ4v) is 9.04. The summed E-state index contributed by atoms with van der Waals surface area (Å²) in [7, 11) is 1.27. The highest BCUT2D eigenvalue weighted by Gasteiger charge is 2.54. The van der Waals surface area contributed by atoms with Gasteiger partial charge in [0.1, 0.15) is 29.9 Å². The standard InChI is InChI=1S/C26H23N5O8S4/c1-26(2)38-14-4-11-13(32)5-17(43-16(11)6-15(14)39-26)40-7-10-8-41-23-19(22(34)31(23)20(10)24(35)36)29-21(33)18(30-37-3)12-9-42-25(27)28-12/h4-6,9,19,23H,7-8H2,1-3H3,(H2,27,28)(H,29,33)(H,35,36)/b30-18-/t19-,23+/m1/s1. The minimum Gasteiger partial charge on any atom is -0.477 e. The molecular formula is C26H23N5O8S4. The first-order chi connectivity index (χ1) is 20.5. The molecule has 3 aliphatic rings. The number of oxime groups is 1. The maximum Gasteiger partial charge on any atom is 0.352 e. The van der Waals surface area contributed by atoms with Crippen molar-refractivity contribution in [2.45, 2.75) is 35.3 Å². The summed E-state index contributed by atoms with van der Waals surface area (Å²) in [5, 5.41) is 18.1. The zero-order chi connectivity index (χ0) is 30.6. The summed E-state index contributed by atoms with van der Waals surface area (Å²) in [4.78, 5) is 61.4. The van der Waals surface area contributed by atoms with E-state index in [9.17, 15) is 24.3 Å².